The van der Waals surface area contributed by atoms with Crippen LogP contribution in [0.25, 0.3) is 0 Å². The lowest BCUT2D eigenvalue weighted by Gasteiger charge is -2.44. The van der Waals surface area contributed by atoms with Crippen molar-refractivity contribution in [2.75, 3.05) is 25.0 Å². The van der Waals surface area contributed by atoms with Gasteiger partial charge in [0, 0.05) is 18.4 Å². The Bertz CT molecular complexity index is 241. The summed E-state index contributed by atoms with van der Waals surface area (Å²) >= 11 is 3.76. The summed E-state index contributed by atoms with van der Waals surface area (Å²) in [5, 5.41) is 1.16. The van der Waals surface area contributed by atoms with E-state index in [1.54, 1.807) is 0 Å². The maximum absolute atomic E-state index is 3.76. The highest BCUT2D eigenvalue weighted by atomic mass is 79.9. The Balaban J connectivity index is 1.90. The van der Waals surface area contributed by atoms with E-state index in [-0.39, 0.29) is 0 Å². The van der Waals surface area contributed by atoms with Crippen LogP contribution in [0, 0.1) is 17.3 Å². The van der Waals surface area contributed by atoms with Gasteiger partial charge in [0.1, 0.15) is 0 Å². The lowest BCUT2D eigenvalue weighted by Crippen LogP contribution is -2.47. The normalized spacial score (nSPS) is 30.2. The van der Waals surface area contributed by atoms with Gasteiger partial charge in [0.15, 0.2) is 0 Å². The van der Waals surface area contributed by atoms with E-state index in [1.165, 1.54) is 64.6 Å². The molecule has 1 saturated heterocycles. The molecule has 2 atom stereocenters. The van der Waals surface area contributed by atoms with Gasteiger partial charge >= 0.3 is 0 Å². The number of piperidine rings is 1. The van der Waals surface area contributed by atoms with Crippen LogP contribution in [0.4, 0.5) is 0 Å². The standard InChI is InChI=1S/C16H30BrN/c1-3-16(4-2,12-17)13-18-10-9-14-7-5-6-8-15(14)11-18/h14-15H,3-13H2,1-2H3. The Hall–Kier alpha value is 0.440. The Kier molecular flexibility index (Phi) is 5.56. The van der Waals surface area contributed by atoms with Gasteiger partial charge in [-0.3, -0.25) is 0 Å². The average molecular weight is 316 g/mol. The fraction of sp³-hybridized carbons (Fsp3) is 1.00. The summed E-state index contributed by atoms with van der Waals surface area (Å²) in [6.45, 7) is 8.78. The monoisotopic (exact) mass is 315 g/mol. The van der Waals surface area contributed by atoms with Crippen LogP contribution < -0.4 is 0 Å². The first-order chi connectivity index (χ1) is 8.73. The first-order valence-electron chi connectivity index (χ1n) is 8.01. The summed E-state index contributed by atoms with van der Waals surface area (Å²) in [6, 6.07) is 0. The minimum atomic E-state index is 0.515. The van der Waals surface area contributed by atoms with Crippen LogP contribution in [0.15, 0.2) is 0 Å². The van der Waals surface area contributed by atoms with E-state index in [9.17, 15) is 0 Å². The van der Waals surface area contributed by atoms with Gasteiger partial charge in [-0.25, -0.2) is 0 Å². The van der Waals surface area contributed by atoms with Crippen LogP contribution in [-0.4, -0.2) is 29.9 Å². The third kappa shape index (κ3) is 3.30. The molecule has 1 aliphatic heterocycles. The minimum Gasteiger partial charge on any atom is -0.302 e. The highest BCUT2D eigenvalue weighted by Gasteiger charge is 2.34. The van der Waals surface area contributed by atoms with Crippen LogP contribution in [0.1, 0.15) is 58.8 Å². The van der Waals surface area contributed by atoms with Crippen molar-refractivity contribution in [3.63, 3.8) is 0 Å². The molecule has 1 heterocycles. The average Bonchev–Trinajstić information content (AvgIpc) is 2.45. The van der Waals surface area contributed by atoms with Gasteiger partial charge in [-0.2, -0.15) is 0 Å². The predicted molar refractivity (Wildman–Crippen MR) is 83.3 cm³/mol. The van der Waals surface area contributed by atoms with Crippen molar-refractivity contribution in [2.24, 2.45) is 17.3 Å². The smallest absolute Gasteiger partial charge is 0.01000 e. The number of hydrogen-bond donors (Lipinski definition) is 0. The summed E-state index contributed by atoms with van der Waals surface area (Å²) in [5.74, 6) is 2.09. The molecule has 2 unspecified atom stereocenters. The zero-order valence-corrected chi connectivity index (χ0v) is 13.8. The second-order valence-corrected chi connectivity index (χ2v) is 7.23. The molecule has 0 bridgehead atoms. The van der Waals surface area contributed by atoms with Crippen molar-refractivity contribution in [1.29, 1.82) is 0 Å². The van der Waals surface area contributed by atoms with E-state index in [1.807, 2.05) is 0 Å². The highest BCUT2D eigenvalue weighted by molar-refractivity contribution is 9.09. The van der Waals surface area contributed by atoms with E-state index in [2.05, 4.69) is 34.7 Å². The minimum absolute atomic E-state index is 0.515. The second-order valence-electron chi connectivity index (χ2n) is 6.67. The fourth-order valence-corrected chi connectivity index (χ4v) is 4.97. The number of fused-ring (bicyclic) bond motifs is 1. The topological polar surface area (TPSA) is 3.24 Å². The lowest BCUT2D eigenvalue weighted by molar-refractivity contribution is 0.0552. The first kappa shape index (κ1) is 14.8. The number of hydrogen-bond acceptors (Lipinski definition) is 1. The molecule has 2 rings (SSSR count). The molecule has 0 spiro atoms. The van der Waals surface area contributed by atoms with Crippen LogP contribution >= 0.6 is 15.9 Å². The SMILES string of the molecule is CCC(CC)(CBr)CN1CCC2CCCCC2C1. The van der Waals surface area contributed by atoms with E-state index in [4.69, 9.17) is 0 Å². The van der Waals surface area contributed by atoms with Crippen LogP contribution in [0.5, 0.6) is 0 Å². The van der Waals surface area contributed by atoms with Gasteiger partial charge in [-0.15, -0.1) is 0 Å². The molecule has 0 N–H and O–H groups in total. The number of alkyl halides is 1. The molecular formula is C16H30BrN. The Morgan fingerprint density at radius 1 is 1.06 bits per heavy atom. The molecule has 2 aliphatic rings. The molecule has 0 amide bonds. The van der Waals surface area contributed by atoms with Gasteiger partial charge in [-0.05, 0) is 49.5 Å². The molecule has 18 heavy (non-hydrogen) atoms. The zero-order chi connectivity index (χ0) is 13.0. The summed E-state index contributed by atoms with van der Waals surface area (Å²) in [7, 11) is 0. The third-order valence-corrected chi connectivity index (χ3v) is 6.91. The number of nitrogens with zero attached hydrogens (tertiary/aromatic N) is 1. The van der Waals surface area contributed by atoms with Crippen LogP contribution in [0.2, 0.25) is 0 Å². The molecule has 2 fully saturated rings. The quantitative estimate of drug-likeness (QED) is 0.665. The lowest BCUT2D eigenvalue weighted by atomic mass is 9.74. The van der Waals surface area contributed by atoms with Gasteiger partial charge < -0.3 is 4.90 Å². The molecule has 0 aromatic rings. The van der Waals surface area contributed by atoms with E-state index in [0.29, 0.717) is 5.41 Å². The predicted octanol–water partition coefficient (Wildman–Crippen LogP) is 4.70. The first-order valence-corrected chi connectivity index (χ1v) is 9.13. The number of likely N-dealkylation sites (tertiary alicyclic amines) is 1. The van der Waals surface area contributed by atoms with Gasteiger partial charge in [0.05, 0.1) is 0 Å². The van der Waals surface area contributed by atoms with E-state index in [0.717, 1.165) is 17.2 Å². The molecule has 0 aromatic heterocycles. The molecular weight excluding hydrogens is 286 g/mol. The van der Waals surface area contributed by atoms with Gasteiger partial charge in [0.2, 0.25) is 0 Å². The van der Waals surface area contributed by atoms with Crippen molar-refractivity contribution < 1.29 is 0 Å². The molecule has 0 aromatic carbocycles. The molecule has 1 nitrogen and oxygen atoms in total. The number of halogens is 1. The van der Waals surface area contributed by atoms with Crippen LogP contribution in [-0.2, 0) is 0 Å². The van der Waals surface area contributed by atoms with Gasteiger partial charge in [-0.1, -0.05) is 49.0 Å². The molecule has 0 radical (unpaired) electrons. The highest BCUT2D eigenvalue weighted by Crippen LogP contribution is 2.38. The molecule has 2 heteroatoms. The summed E-state index contributed by atoms with van der Waals surface area (Å²) < 4.78 is 0. The molecule has 1 saturated carbocycles. The number of rotatable bonds is 5. The van der Waals surface area contributed by atoms with Crippen molar-refractivity contribution in [3.8, 4) is 0 Å². The third-order valence-electron chi connectivity index (χ3n) is 5.72. The van der Waals surface area contributed by atoms with Crippen LogP contribution in [0.3, 0.4) is 0 Å². The summed E-state index contributed by atoms with van der Waals surface area (Å²) in [5.41, 5.74) is 0.515. The van der Waals surface area contributed by atoms with Crippen molar-refractivity contribution in [2.45, 2.75) is 58.8 Å². The molecule has 1 aliphatic carbocycles. The summed E-state index contributed by atoms with van der Waals surface area (Å²) in [6.07, 6.45) is 10.1. The van der Waals surface area contributed by atoms with Crippen molar-refractivity contribution >= 4 is 15.9 Å². The maximum Gasteiger partial charge on any atom is 0.01000 e. The van der Waals surface area contributed by atoms with Gasteiger partial charge in [0.25, 0.3) is 0 Å². The Morgan fingerprint density at radius 3 is 2.33 bits per heavy atom. The zero-order valence-electron chi connectivity index (χ0n) is 12.3. The second kappa shape index (κ2) is 6.74. The maximum atomic E-state index is 3.76. The summed E-state index contributed by atoms with van der Waals surface area (Å²) in [4.78, 5) is 2.78. The fourth-order valence-electron chi connectivity index (χ4n) is 4.00. The van der Waals surface area contributed by atoms with E-state index < -0.39 is 0 Å². The Morgan fingerprint density at radius 2 is 1.72 bits per heavy atom. The van der Waals surface area contributed by atoms with Crippen molar-refractivity contribution in [1.82, 2.24) is 4.90 Å². The van der Waals surface area contributed by atoms with E-state index >= 15 is 0 Å². The van der Waals surface area contributed by atoms with Crippen molar-refractivity contribution in [3.05, 3.63) is 0 Å². The Labute approximate surface area is 122 Å². The largest absolute Gasteiger partial charge is 0.302 e. The molecule has 106 valence electrons.